The molecule has 1 aliphatic heterocycles. The van der Waals surface area contributed by atoms with Crippen LogP contribution < -0.4 is 4.72 Å². The third-order valence-corrected chi connectivity index (χ3v) is 6.03. The van der Waals surface area contributed by atoms with Crippen LogP contribution in [0.25, 0.3) is 0 Å². The fourth-order valence-electron chi connectivity index (χ4n) is 2.92. The molecule has 1 N–H and O–H groups in total. The monoisotopic (exact) mass is 332 g/mol. The summed E-state index contributed by atoms with van der Waals surface area (Å²) in [7, 11) is -3.09. The lowest BCUT2D eigenvalue weighted by Gasteiger charge is -2.39. The van der Waals surface area contributed by atoms with Crippen LogP contribution in [0.2, 0.25) is 0 Å². The molecular weight excluding hydrogens is 296 g/mol. The maximum Gasteiger partial charge on any atom is 0.217 e. The van der Waals surface area contributed by atoms with Crippen LogP contribution in [0.3, 0.4) is 0 Å². The fourth-order valence-corrected chi connectivity index (χ4v) is 4.40. The molecule has 1 rings (SSSR count). The Morgan fingerprint density at radius 3 is 2.14 bits per heavy atom. The molecule has 0 aliphatic carbocycles. The average Bonchev–Trinajstić information content (AvgIpc) is 2.35. The molecule has 0 aromatic rings. The molecule has 4 nitrogen and oxygen atoms in total. The van der Waals surface area contributed by atoms with E-state index >= 15 is 0 Å². The molecule has 0 unspecified atom stereocenters. The number of unbranched alkanes of at least 4 members (excludes halogenated alkanes) is 4. The van der Waals surface area contributed by atoms with Crippen LogP contribution in [-0.2, 0) is 10.0 Å². The third-order valence-electron chi connectivity index (χ3n) is 4.25. The zero-order chi connectivity index (χ0) is 16.6. The first-order valence-electron chi connectivity index (χ1n) is 9.02. The number of sulfonamides is 1. The molecule has 0 bridgehead atoms. The summed E-state index contributed by atoms with van der Waals surface area (Å²) in [5.74, 6) is 1.40. The van der Waals surface area contributed by atoms with Crippen LogP contribution in [0, 0.1) is 11.8 Å². The van der Waals surface area contributed by atoms with Crippen molar-refractivity contribution in [3.63, 3.8) is 0 Å². The van der Waals surface area contributed by atoms with E-state index in [-0.39, 0.29) is 5.25 Å². The number of hydrogen-bond donors (Lipinski definition) is 1. The Labute approximate surface area is 138 Å². The highest BCUT2D eigenvalue weighted by atomic mass is 32.2. The average molecular weight is 333 g/mol. The lowest BCUT2D eigenvalue weighted by atomic mass is 10.0. The van der Waals surface area contributed by atoms with Crippen LogP contribution >= 0.6 is 0 Å². The van der Waals surface area contributed by atoms with Crippen LogP contribution in [0.1, 0.15) is 66.2 Å². The molecule has 0 saturated carbocycles. The van der Waals surface area contributed by atoms with Gasteiger partial charge in [-0.15, -0.1) is 0 Å². The molecule has 0 amide bonds. The van der Waals surface area contributed by atoms with Gasteiger partial charge in [0.2, 0.25) is 10.0 Å². The van der Waals surface area contributed by atoms with Crippen molar-refractivity contribution >= 4 is 10.0 Å². The van der Waals surface area contributed by atoms with Crippen molar-refractivity contribution in [1.82, 2.24) is 9.62 Å². The Hall–Kier alpha value is -0.130. The van der Waals surface area contributed by atoms with Gasteiger partial charge in [-0.1, -0.05) is 59.8 Å². The highest BCUT2D eigenvalue weighted by Gasteiger charge is 2.36. The Kier molecular flexibility index (Phi) is 8.95. The minimum atomic E-state index is -3.09. The van der Waals surface area contributed by atoms with Gasteiger partial charge in [-0.05, 0) is 18.3 Å². The maximum absolute atomic E-state index is 12.1. The van der Waals surface area contributed by atoms with E-state index in [1.54, 1.807) is 0 Å². The summed E-state index contributed by atoms with van der Waals surface area (Å²) in [4.78, 5) is 2.23. The minimum Gasteiger partial charge on any atom is -0.300 e. The van der Waals surface area contributed by atoms with Crippen LogP contribution in [-0.4, -0.2) is 44.7 Å². The maximum atomic E-state index is 12.1. The Bertz CT molecular complexity index is 387. The van der Waals surface area contributed by atoms with Crippen LogP contribution in [0.5, 0.6) is 0 Å². The minimum absolute atomic E-state index is 0.197. The SMILES string of the molecule is CC(C)CCCCCCCNS(=O)(=O)C1CN(CC(C)C)C1. The van der Waals surface area contributed by atoms with Crippen molar-refractivity contribution in [2.24, 2.45) is 11.8 Å². The van der Waals surface area contributed by atoms with Crippen LogP contribution in [0.15, 0.2) is 0 Å². The van der Waals surface area contributed by atoms with Gasteiger partial charge in [-0.25, -0.2) is 13.1 Å². The molecule has 132 valence electrons. The number of nitrogens with zero attached hydrogens (tertiary/aromatic N) is 1. The van der Waals surface area contributed by atoms with Gasteiger partial charge in [0.25, 0.3) is 0 Å². The van der Waals surface area contributed by atoms with Crippen molar-refractivity contribution in [1.29, 1.82) is 0 Å². The summed E-state index contributed by atoms with van der Waals surface area (Å²) in [6.07, 6.45) is 7.20. The second-order valence-electron chi connectivity index (χ2n) is 7.62. The van der Waals surface area contributed by atoms with E-state index in [1.165, 1.54) is 25.7 Å². The molecule has 5 heteroatoms. The second-order valence-corrected chi connectivity index (χ2v) is 9.67. The van der Waals surface area contributed by atoms with Crippen molar-refractivity contribution in [2.45, 2.75) is 71.5 Å². The van der Waals surface area contributed by atoms with Crippen molar-refractivity contribution in [3.05, 3.63) is 0 Å². The lowest BCUT2D eigenvalue weighted by molar-refractivity contribution is 0.164. The molecule has 22 heavy (non-hydrogen) atoms. The molecule has 1 fully saturated rings. The molecule has 1 aliphatic rings. The van der Waals surface area contributed by atoms with E-state index in [0.717, 1.165) is 25.3 Å². The first-order valence-corrected chi connectivity index (χ1v) is 10.6. The van der Waals surface area contributed by atoms with Crippen molar-refractivity contribution in [3.8, 4) is 0 Å². The first kappa shape index (κ1) is 19.9. The van der Waals surface area contributed by atoms with Gasteiger partial charge < -0.3 is 4.90 Å². The molecule has 0 aromatic carbocycles. The van der Waals surface area contributed by atoms with E-state index in [2.05, 4.69) is 37.3 Å². The number of hydrogen-bond acceptors (Lipinski definition) is 3. The Balaban J connectivity index is 2.02. The van der Waals surface area contributed by atoms with E-state index in [0.29, 0.717) is 25.6 Å². The first-order chi connectivity index (χ1) is 10.3. The van der Waals surface area contributed by atoms with E-state index in [1.807, 2.05) is 0 Å². The Morgan fingerprint density at radius 2 is 1.55 bits per heavy atom. The molecule has 0 atom stereocenters. The van der Waals surface area contributed by atoms with Gasteiger partial charge in [0.15, 0.2) is 0 Å². The summed E-state index contributed by atoms with van der Waals surface area (Å²) >= 11 is 0. The zero-order valence-corrected chi connectivity index (χ0v) is 15.8. The molecule has 1 heterocycles. The molecule has 0 radical (unpaired) electrons. The smallest absolute Gasteiger partial charge is 0.217 e. The summed E-state index contributed by atoms with van der Waals surface area (Å²) in [6.45, 7) is 11.9. The zero-order valence-electron chi connectivity index (χ0n) is 15.0. The second kappa shape index (κ2) is 9.89. The van der Waals surface area contributed by atoms with E-state index in [4.69, 9.17) is 0 Å². The topological polar surface area (TPSA) is 49.4 Å². The molecular formula is C17H36N2O2S. The normalized spacial score (nSPS) is 17.4. The fraction of sp³-hybridized carbons (Fsp3) is 1.00. The number of rotatable bonds is 12. The largest absolute Gasteiger partial charge is 0.300 e. The van der Waals surface area contributed by atoms with Gasteiger partial charge in [0, 0.05) is 26.2 Å². The van der Waals surface area contributed by atoms with Gasteiger partial charge in [-0.2, -0.15) is 0 Å². The molecule has 0 spiro atoms. The number of likely N-dealkylation sites (tertiary alicyclic amines) is 1. The summed E-state index contributed by atoms with van der Waals surface area (Å²) in [6, 6.07) is 0. The summed E-state index contributed by atoms with van der Waals surface area (Å²) in [5.41, 5.74) is 0. The van der Waals surface area contributed by atoms with E-state index in [9.17, 15) is 8.42 Å². The van der Waals surface area contributed by atoms with Gasteiger partial charge >= 0.3 is 0 Å². The van der Waals surface area contributed by atoms with Gasteiger partial charge in [0.1, 0.15) is 5.25 Å². The lowest BCUT2D eigenvalue weighted by Crippen LogP contribution is -2.58. The van der Waals surface area contributed by atoms with Crippen molar-refractivity contribution < 1.29 is 8.42 Å². The van der Waals surface area contributed by atoms with Gasteiger partial charge in [0.05, 0.1) is 0 Å². The summed E-state index contributed by atoms with van der Waals surface area (Å²) < 4.78 is 27.0. The van der Waals surface area contributed by atoms with Gasteiger partial charge in [-0.3, -0.25) is 0 Å². The highest BCUT2D eigenvalue weighted by Crippen LogP contribution is 2.17. The standard InChI is InChI=1S/C17H36N2O2S/c1-15(2)10-8-6-5-7-9-11-18-22(20,21)17-13-19(14-17)12-16(3)4/h15-18H,5-14H2,1-4H3. The van der Waals surface area contributed by atoms with E-state index < -0.39 is 10.0 Å². The van der Waals surface area contributed by atoms with Crippen molar-refractivity contribution in [2.75, 3.05) is 26.2 Å². The Morgan fingerprint density at radius 1 is 0.955 bits per heavy atom. The third kappa shape index (κ3) is 7.93. The molecule has 1 saturated heterocycles. The predicted octanol–water partition coefficient (Wildman–Crippen LogP) is 3.24. The molecule has 0 aromatic heterocycles. The van der Waals surface area contributed by atoms with Crippen LogP contribution in [0.4, 0.5) is 0 Å². The quantitative estimate of drug-likeness (QED) is 0.558. The summed E-state index contributed by atoms with van der Waals surface area (Å²) in [5, 5.41) is -0.197. The highest BCUT2D eigenvalue weighted by molar-refractivity contribution is 7.90. The predicted molar refractivity (Wildman–Crippen MR) is 94.5 cm³/mol. The number of nitrogens with one attached hydrogen (secondary N) is 1.